The number of hydrogen-bond acceptors (Lipinski definition) is 24. The molecule has 1 unspecified atom stereocenters. The number of aromatic hydroxyl groups is 2. The summed E-state index contributed by atoms with van der Waals surface area (Å²) in [5.41, 5.74) is 4.94. The predicted octanol–water partition coefficient (Wildman–Crippen LogP) is 6.36. The number of ether oxygens (including phenoxy) is 6. The molecular formula is C87H95Cl2N11O23. The van der Waals surface area contributed by atoms with Crippen LogP contribution in [0.15, 0.2) is 140 Å². The van der Waals surface area contributed by atoms with E-state index >= 15 is 28.8 Å². The fourth-order valence-corrected chi connectivity index (χ4v) is 18.0. The molecule has 15 bridgehead atoms. The number of likely N-dealkylation sites (N-methyl/N-ethyl adjacent to an activating group) is 1. The number of halogens is 2. The maximum Gasteiger partial charge on any atom is 0.413 e. The molecule has 4 saturated carbocycles. The number of carbonyl (C=O) groups excluding carboxylic acids is 10. The molecule has 34 nitrogen and oxygen atoms in total. The van der Waals surface area contributed by atoms with Crippen molar-refractivity contribution in [3.63, 3.8) is 0 Å². The van der Waals surface area contributed by atoms with E-state index in [4.69, 9.17) is 57.4 Å². The Balaban J connectivity index is 0.936. The van der Waals surface area contributed by atoms with E-state index in [9.17, 15) is 54.9 Å². The first kappa shape index (κ1) is 87.5. The van der Waals surface area contributed by atoms with Crippen molar-refractivity contribution < 1.29 is 112 Å². The number of nitrogens with two attached hydrogens (primary N) is 1. The number of alkyl carbamates (subject to hydrolysis) is 1. The van der Waals surface area contributed by atoms with Crippen LogP contribution >= 0.6 is 23.2 Å². The van der Waals surface area contributed by atoms with Gasteiger partial charge in [0.25, 0.3) is 0 Å². The zero-order valence-corrected chi connectivity index (χ0v) is 68.6. The van der Waals surface area contributed by atoms with Crippen LogP contribution < -0.4 is 77.8 Å². The Hall–Kier alpha value is -11.9. The molecule has 4 aliphatic carbocycles. The highest BCUT2D eigenvalue weighted by molar-refractivity contribution is 6.32. The molecule has 7 aromatic rings. The molecule has 19 N–H and O–H groups in total. The first-order valence-corrected chi connectivity index (χ1v) is 41.1. The summed E-state index contributed by atoms with van der Waals surface area (Å²) in [4.78, 5) is 150. The van der Waals surface area contributed by atoms with Crippen LogP contribution in [0.5, 0.6) is 46.0 Å². The maximum atomic E-state index is 16.4. The van der Waals surface area contributed by atoms with Gasteiger partial charge in [-0.3, -0.25) is 38.4 Å². The molecule has 123 heavy (non-hydrogen) atoms. The Kier molecular flexibility index (Phi) is 26.4. The average Bonchev–Trinajstić information content (AvgIpc) is 0.756. The van der Waals surface area contributed by atoms with Crippen molar-refractivity contribution in [1.29, 1.82) is 0 Å². The van der Waals surface area contributed by atoms with Gasteiger partial charge in [-0.2, -0.15) is 0 Å². The first-order valence-electron chi connectivity index (χ1n) is 40.4. The zero-order valence-electron chi connectivity index (χ0n) is 67.1. The molecule has 10 aliphatic rings. The molecule has 7 aromatic carbocycles. The average molecular weight is 1730 g/mol. The number of fused-ring (bicyclic) bond motifs is 15. The van der Waals surface area contributed by atoms with Gasteiger partial charge in [0.2, 0.25) is 59.3 Å². The quantitative estimate of drug-likeness (QED) is 0.0444. The number of carbonyl (C=O) groups is 10. The van der Waals surface area contributed by atoms with Crippen molar-refractivity contribution in [2.75, 3.05) is 13.7 Å². The molecule has 0 radical (unpaired) electrons. The minimum Gasteiger partial charge on any atom is -0.507 e. The lowest BCUT2D eigenvalue weighted by Crippen LogP contribution is -2.60. The Morgan fingerprint density at radius 3 is 1.72 bits per heavy atom. The molecular weight excluding hydrogens is 1640 g/mol. The molecule has 6 heterocycles. The molecule has 5 fully saturated rings. The summed E-state index contributed by atoms with van der Waals surface area (Å²) in [7, 11) is 1.48. The molecule has 0 aromatic heterocycles. The van der Waals surface area contributed by atoms with Crippen LogP contribution in [0.4, 0.5) is 9.59 Å². The SMILES string of the molecule is CN[C@H](CC(C)C)C(=O)N[C@H]1C(=O)N[C@@H](CC(N)=O)C(=O)N[C@H]2C(=O)N[C@@H]3C(=O)N[C@H](C(=O)N[C@H](C(=O)NC4C5CC6CC(C5)CC4C6)c4cc(OC(=O)N[C@@H](C)c5ccccc5)cc(O)c4-c4cc3ccc4O)[C@H](O)c3ccc(c(Cl)c3)Oc3cc2cc(c3OC2O[C@H](COC(=O)N[C@@H](C)c3ccccc3)[C@@H](O)[C@H](O)[C@H]2O)Oc2ccc(cc2Cl)[C@H]1O. The van der Waals surface area contributed by atoms with Gasteiger partial charge in [-0.1, -0.05) is 116 Å². The lowest BCUT2D eigenvalue weighted by Gasteiger charge is -2.54. The second-order valence-electron chi connectivity index (χ2n) is 32.6. The molecule has 10 amide bonds. The lowest BCUT2D eigenvalue weighted by molar-refractivity contribution is -0.277. The minimum atomic E-state index is -2.36. The van der Waals surface area contributed by atoms with Crippen molar-refractivity contribution in [2.24, 2.45) is 35.3 Å². The van der Waals surface area contributed by atoms with Gasteiger partial charge in [0.05, 0.1) is 34.6 Å². The predicted molar refractivity (Wildman–Crippen MR) is 439 cm³/mol. The van der Waals surface area contributed by atoms with E-state index in [0.29, 0.717) is 23.0 Å². The van der Waals surface area contributed by atoms with Crippen LogP contribution in [0.1, 0.15) is 154 Å². The summed E-state index contributed by atoms with van der Waals surface area (Å²) in [5, 5.41) is 111. The largest absolute Gasteiger partial charge is 0.507 e. The van der Waals surface area contributed by atoms with Gasteiger partial charge < -0.3 is 123 Å². The summed E-state index contributed by atoms with van der Waals surface area (Å²) in [6.45, 7) is 6.22. The van der Waals surface area contributed by atoms with E-state index < -0.39 is 221 Å². The summed E-state index contributed by atoms with van der Waals surface area (Å²) >= 11 is 14.4. The molecule has 6 aliphatic heterocycles. The topological polar surface area (TPSA) is 514 Å². The fraction of sp³-hybridized carbons (Fsp3) is 0.402. The van der Waals surface area contributed by atoms with Crippen LogP contribution in [0.25, 0.3) is 11.1 Å². The number of amides is 10. The summed E-state index contributed by atoms with van der Waals surface area (Å²) < 4.78 is 37.4. The number of hydrogen-bond donors (Lipinski definition) is 18. The third-order valence-electron chi connectivity index (χ3n) is 23.6. The number of phenolic OH excluding ortho intramolecular Hbond substituents is 2. The highest BCUT2D eigenvalue weighted by Crippen LogP contribution is 2.55. The van der Waals surface area contributed by atoms with Gasteiger partial charge in [0.15, 0.2) is 11.5 Å². The van der Waals surface area contributed by atoms with Crippen molar-refractivity contribution in [2.45, 2.75) is 176 Å². The van der Waals surface area contributed by atoms with Gasteiger partial charge in [-0.15, -0.1) is 0 Å². The Bertz CT molecular complexity index is 5200. The van der Waals surface area contributed by atoms with Gasteiger partial charge in [0, 0.05) is 23.2 Å². The van der Waals surface area contributed by atoms with E-state index in [1.165, 1.54) is 37.4 Å². The van der Waals surface area contributed by atoms with Crippen LogP contribution in [0.2, 0.25) is 10.0 Å². The summed E-state index contributed by atoms with van der Waals surface area (Å²) in [5.74, 6) is -13.4. The van der Waals surface area contributed by atoms with E-state index in [0.717, 1.165) is 80.6 Å². The second kappa shape index (κ2) is 37.1. The minimum absolute atomic E-state index is 0.0240. The number of nitrogens with one attached hydrogen (secondary N) is 10. The van der Waals surface area contributed by atoms with Crippen LogP contribution in [-0.4, -0.2) is 170 Å². The number of benzene rings is 7. The highest BCUT2D eigenvalue weighted by atomic mass is 35.5. The highest BCUT2D eigenvalue weighted by Gasteiger charge is 2.51. The van der Waals surface area contributed by atoms with Gasteiger partial charge in [-0.05, 0) is 183 Å². The summed E-state index contributed by atoms with van der Waals surface area (Å²) in [6.07, 6.45) is -13.2. The van der Waals surface area contributed by atoms with Gasteiger partial charge in [-0.25, -0.2) is 9.59 Å². The molecule has 0 spiro atoms. The molecule has 650 valence electrons. The van der Waals surface area contributed by atoms with E-state index in [2.05, 4.69) is 53.2 Å². The fourth-order valence-electron chi connectivity index (χ4n) is 17.5. The number of phenols is 2. The second-order valence-corrected chi connectivity index (χ2v) is 33.5. The monoisotopic (exact) mass is 1730 g/mol. The number of aliphatic hydroxyl groups excluding tert-OH is 5. The molecule has 36 heteroatoms. The Morgan fingerprint density at radius 1 is 0.569 bits per heavy atom. The van der Waals surface area contributed by atoms with Crippen LogP contribution in [0, 0.1) is 29.6 Å². The smallest absolute Gasteiger partial charge is 0.413 e. The third kappa shape index (κ3) is 19.3. The lowest BCUT2D eigenvalue weighted by atomic mass is 9.54. The van der Waals surface area contributed by atoms with Crippen LogP contribution in [-0.2, 0) is 47.8 Å². The first-order chi connectivity index (χ1) is 58.7. The standard InChI is InChI=1S/C87H95Cl2N11O23/c1-37(2)22-55(91-5)78(109)99-70-72(104)45-17-20-59(53(88)29-45)120-61-31-49-32-62(77(61)123-85-76(108)75(107)74(106)63(122-85)36-118-86(116)92-38(3)42-12-8-6-9-13-42)121-60-21-18-46(30-54(60)89)73(105)71-84(115)98-69(82(113)95-66-47-24-40-23-41(26-47)27-48(66)25-40)52-33-50(119-87(117)93-39(4)43-14-10-7-11-15-43)34-58(102)65(52)51-28-44(16-19-57(51)101)67(80(111)100-71)97-81(112)68(49)96-79(110)56(35-64(90)103)94-83(70)114/h6-21,28-34,37-41,47-48,55-56,63,66-76,85,91,101-102,104-108H,22-27,35-36H2,1-5H3,(H2,90,103)(H,92,116)(H,93,117)(H,94,114)(H,95,113)(H,96,110)(H,97,112)(H,98,115)(H,99,109)(H,100,111)/t38-,39-,40?,41?,47?,48?,55+,56-,63+,66?,67-,68+,69-,70+,71-,72+,73+,74+,75-,76+,85?/m0/s1. The van der Waals surface area contributed by atoms with E-state index in [1.807, 2.05) is 13.8 Å². The van der Waals surface area contributed by atoms with Crippen molar-refractivity contribution in [3.05, 3.63) is 189 Å². The van der Waals surface area contributed by atoms with Crippen molar-refractivity contribution in [1.82, 2.24) is 53.2 Å². The Labute approximate surface area is 714 Å². The van der Waals surface area contributed by atoms with Gasteiger partial charge in [0.1, 0.15) is 108 Å². The molecule has 1 saturated heterocycles. The number of aliphatic hydroxyl groups is 5. The van der Waals surface area contributed by atoms with Crippen molar-refractivity contribution >= 4 is 82.6 Å². The maximum absolute atomic E-state index is 16.4. The Morgan fingerprint density at radius 2 is 1.14 bits per heavy atom. The number of primary amides is 1. The van der Waals surface area contributed by atoms with Crippen LogP contribution in [0.3, 0.4) is 0 Å². The zero-order chi connectivity index (χ0) is 87.7. The summed E-state index contributed by atoms with van der Waals surface area (Å²) in [6, 6.07) is 16.6. The van der Waals surface area contributed by atoms with Gasteiger partial charge >= 0.3 is 12.2 Å². The molecule has 17 rings (SSSR count). The number of rotatable bonds is 18. The normalized spacial score (nSPS) is 27.2. The van der Waals surface area contributed by atoms with E-state index in [-0.39, 0.29) is 74.3 Å². The van der Waals surface area contributed by atoms with Crippen molar-refractivity contribution in [3.8, 4) is 57.1 Å². The molecule has 16 atom stereocenters. The van der Waals surface area contributed by atoms with E-state index in [1.54, 1.807) is 74.5 Å². The third-order valence-corrected chi connectivity index (χ3v) is 24.2.